The van der Waals surface area contributed by atoms with E-state index in [0.717, 1.165) is 11.3 Å². The first-order valence-corrected chi connectivity index (χ1v) is 6.83. The molecule has 0 aliphatic rings. The van der Waals surface area contributed by atoms with Crippen LogP contribution in [0.15, 0.2) is 42.7 Å². The van der Waals surface area contributed by atoms with Crippen molar-refractivity contribution in [2.45, 2.75) is 6.92 Å². The molecule has 0 atom stereocenters. The van der Waals surface area contributed by atoms with Crippen LogP contribution >= 0.6 is 11.6 Å². The molecule has 106 valence electrons. The van der Waals surface area contributed by atoms with E-state index < -0.39 is 0 Å². The smallest absolute Gasteiger partial charge is 0.338 e. The van der Waals surface area contributed by atoms with Crippen LogP contribution in [0.25, 0.3) is 16.9 Å². The highest BCUT2D eigenvalue weighted by molar-refractivity contribution is 6.30. The van der Waals surface area contributed by atoms with Crippen molar-refractivity contribution in [2.75, 3.05) is 6.61 Å². The van der Waals surface area contributed by atoms with Gasteiger partial charge in [-0.15, -0.1) is 0 Å². The van der Waals surface area contributed by atoms with Crippen molar-refractivity contribution in [2.24, 2.45) is 0 Å². The van der Waals surface area contributed by atoms with Gasteiger partial charge in [-0.25, -0.2) is 14.3 Å². The highest BCUT2D eigenvalue weighted by Crippen LogP contribution is 2.21. The summed E-state index contributed by atoms with van der Waals surface area (Å²) in [4.78, 5) is 15.9. The summed E-state index contributed by atoms with van der Waals surface area (Å²) in [6.45, 7) is 2.14. The predicted octanol–water partition coefficient (Wildman–Crippen LogP) is 3.23. The highest BCUT2D eigenvalue weighted by Gasteiger charge is 2.10. The maximum absolute atomic E-state index is 11.6. The Bertz CT molecular complexity index is 796. The number of esters is 1. The van der Waals surface area contributed by atoms with Gasteiger partial charge in [-0.2, -0.15) is 5.10 Å². The minimum absolute atomic E-state index is 0.327. The number of halogens is 1. The van der Waals surface area contributed by atoms with Gasteiger partial charge in [0, 0.05) is 11.6 Å². The van der Waals surface area contributed by atoms with E-state index in [0.29, 0.717) is 22.8 Å². The van der Waals surface area contributed by atoms with Crippen LogP contribution in [0.5, 0.6) is 0 Å². The monoisotopic (exact) mass is 301 g/mol. The van der Waals surface area contributed by atoms with Crippen LogP contribution in [0.3, 0.4) is 0 Å². The first-order valence-electron chi connectivity index (χ1n) is 6.46. The van der Waals surface area contributed by atoms with Gasteiger partial charge in [0.05, 0.1) is 35.3 Å². The molecular weight excluding hydrogens is 290 g/mol. The molecule has 0 aliphatic carbocycles. The van der Waals surface area contributed by atoms with E-state index in [-0.39, 0.29) is 5.97 Å². The van der Waals surface area contributed by atoms with Gasteiger partial charge < -0.3 is 4.74 Å². The zero-order valence-corrected chi connectivity index (χ0v) is 12.0. The third-order valence-corrected chi connectivity index (χ3v) is 3.23. The summed E-state index contributed by atoms with van der Waals surface area (Å²) in [7, 11) is 0. The van der Waals surface area contributed by atoms with Gasteiger partial charge in [-0.05, 0) is 19.1 Å². The maximum Gasteiger partial charge on any atom is 0.338 e. The first-order chi connectivity index (χ1) is 10.2. The van der Waals surface area contributed by atoms with Crippen molar-refractivity contribution in [3.63, 3.8) is 0 Å². The zero-order chi connectivity index (χ0) is 14.8. The Morgan fingerprint density at radius 3 is 2.76 bits per heavy atom. The fourth-order valence-corrected chi connectivity index (χ4v) is 2.18. The molecule has 0 saturated heterocycles. The average molecular weight is 302 g/mol. The van der Waals surface area contributed by atoms with E-state index in [1.165, 1.54) is 0 Å². The Balaban J connectivity index is 1.97. The van der Waals surface area contributed by atoms with Gasteiger partial charge >= 0.3 is 5.97 Å². The number of hydrogen-bond donors (Lipinski definition) is 0. The standard InChI is InChI=1S/C15H12ClN3O2/c1-2-21-15(20)11-5-3-10(4-6-11)13-9-17-14-7-12(16)8-18-19(13)14/h3-9H,2H2,1H3. The Morgan fingerprint density at radius 1 is 1.29 bits per heavy atom. The summed E-state index contributed by atoms with van der Waals surface area (Å²) in [5, 5.41) is 4.77. The largest absolute Gasteiger partial charge is 0.462 e. The van der Waals surface area contributed by atoms with Crippen LogP contribution in [0, 0.1) is 0 Å². The van der Waals surface area contributed by atoms with Gasteiger partial charge in [0.25, 0.3) is 0 Å². The molecule has 0 aliphatic heterocycles. The molecule has 0 saturated carbocycles. The molecule has 0 fully saturated rings. The Labute approximate surface area is 126 Å². The van der Waals surface area contributed by atoms with E-state index in [1.807, 2.05) is 12.1 Å². The Kier molecular flexibility index (Phi) is 3.58. The normalized spacial score (nSPS) is 10.8. The summed E-state index contributed by atoms with van der Waals surface area (Å²) < 4.78 is 6.66. The lowest BCUT2D eigenvalue weighted by Crippen LogP contribution is -2.04. The summed E-state index contributed by atoms with van der Waals surface area (Å²) in [6.07, 6.45) is 3.28. The van der Waals surface area contributed by atoms with Crippen LogP contribution in [-0.2, 0) is 4.74 Å². The fourth-order valence-electron chi connectivity index (χ4n) is 2.04. The van der Waals surface area contributed by atoms with Crippen molar-refractivity contribution >= 4 is 23.2 Å². The van der Waals surface area contributed by atoms with Crippen LogP contribution < -0.4 is 0 Å². The summed E-state index contributed by atoms with van der Waals surface area (Å²) in [5.41, 5.74) is 2.93. The molecule has 0 bridgehead atoms. The molecule has 0 N–H and O–H groups in total. The molecule has 3 rings (SSSR count). The number of fused-ring (bicyclic) bond motifs is 1. The zero-order valence-electron chi connectivity index (χ0n) is 11.3. The number of carbonyl (C=O) groups is 1. The van der Waals surface area contributed by atoms with Gasteiger partial charge in [-0.3, -0.25) is 0 Å². The second kappa shape index (κ2) is 5.54. The SMILES string of the molecule is CCOC(=O)c1ccc(-c2cnc3cc(Cl)cnn23)cc1. The molecule has 21 heavy (non-hydrogen) atoms. The lowest BCUT2D eigenvalue weighted by Gasteiger charge is -2.04. The molecule has 5 nitrogen and oxygen atoms in total. The number of nitrogens with zero attached hydrogens (tertiary/aromatic N) is 3. The number of ether oxygens (including phenoxy) is 1. The molecule has 0 unspecified atom stereocenters. The number of rotatable bonds is 3. The fraction of sp³-hybridized carbons (Fsp3) is 0.133. The quantitative estimate of drug-likeness (QED) is 0.697. The number of aromatic nitrogens is 3. The number of carbonyl (C=O) groups excluding carboxylic acids is 1. The number of benzene rings is 1. The Hall–Kier alpha value is -2.40. The van der Waals surface area contributed by atoms with Gasteiger partial charge in [0.1, 0.15) is 0 Å². The van der Waals surface area contributed by atoms with E-state index in [4.69, 9.17) is 16.3 Å². The van der Waals surface area contributed by atoms with E-state index in [1.54, 1.807) is 42.0 Å². The van der Waals surface area contributed by atoms with Crippen molar-refractivity contribution in [3.05, 3.63) is 53.3 Å². The lowest BCUT2D eigenvalue weighted by atomic mass is 10.1. The number of imidazole rings is 1. The third-order valence-electron chi connectivity index (χ3n) is 3.02. The molecule has 1 aromatic carbocycles. The topological polar surface area (TPSA) is 56.5 Å². The predicted molar refractivity (Wildman–Crippen MR) is 79.4 cm³/mol. The molecular formula is C15H12ClN3O2. The average Bonchev–Trinajstić information content (AvgIpc) is 2.90. The third kappa shape index (κ3) is 2.60. The second-order valence-electron chi connectivity index (χ2n) is 4.39. The molecule has 0 radical (unpaired) electrons. The van der Waals surface area contributed by atoms with Crippen molar-refractivity contribution < 1.29 is 9.53 Å². The molecule has 6 heteroatoms. The van der Waals surface area contributed by atoms with Gasteiger partial charge in [-0.1, -0.05) is 23.7 Å². The minimum Gasteiger partial charge on any atom is -0.462 e. The summed E-state index contributed by atoms with van der Waals surface area (Å²) in [6, 6.07) is 8.87. The lowest BCUT2D eigenvalue weighted by molar-refractivity contribution is 0.0526. The maximum atomic E-state index is 11.6. The summed E-state index contributed by atoms with van der Waals surface area (Å²) >= 11 is 5.89. The van der Waals surface area contributed by atoms with Gasteiger partial charge in [0.15, 0.2) is 5.65 Å². The first kappa shape index (κ1) is 13.6. The molecule has 0 amide bonds. The van der Waals surface area contributed by atoms with Crippen LogP contribution in [0.2, 0.25) is 5.02 Å². The molecule has 2 heterocycles. The van der Waals surface area contributed by atoms with E-state index in [2.05, 4.69) is 10.1 Å². The molecule has 2 aromatic heterocycles. The van der Waals surface area contributed by atoms with Crippen LogP contribution in [0.1, 0.15) is 17.3 Å². The molecule has 0 spiro atoms. The number of hydrogen-bond acceptors (Lipinski definition) is 4. The van der Waals surface area contributed by atoms with Crippen molar-refractivity contribution in [1.82, 2.24) is 14.6 Å². The van der Waals surface area contributed by atoms with E-state index in [9.17, 15) is 4.79 Å². The summed E-state index contributed by atoms with van der Waals surface area (Å²) in [5.74, 6) is -0.327. The van der Waals surface area contributed by atoms with Crippen LogP contribution in [0.4, 0.5) is 0 Å². The van der Waals surface area contributed by atoms with Gasteiger partial charge in [0.2, 0.25) is 0 Å². The van der Waals surface area contributed by atoms with E-state index >= 15 is 0 Å². The minimum atomic E-state index is -0.327. The highest BCUT2D eigenvalue weighted by atomic mass is 35.5. The Morgan fingerprint density at radius 2 is 2.05 bits per heavy atom. The second-order valence-corrected chi connectivity index (χ2v) is 4.82. The molecule has 3 aromatic rings. The van der Waals surface area contributed by atoms with Crippen LogP contribution in [-0.4, -0.2) is 27.2 Å². The van der Waals surface area contributed by atoms with Crippen molar-refractivity contribution in [1.29, 1.82) is 0 Å². The van der Waals surface area contributed by atoms with Crippen molar-refractivity contribution in [3.8, 4) is 11.3 Å².